The number of hydrogen-bond acceptors (Lipinski definition) is 3. The Labute approximate surface area is 127 Å². The summed E-state index contributed by atoms with van der Waals surface area (Å²) in [4.78, 5) is 0. The van der Waals surface area contributed by atoms with Crippen LogP contribution in [0.3, 0.4) is 0 Å². The summed E-state index contributed by atoms with van der Waals surface area (Å²) >= 11 is 3.52. The van der Waals surface area contributed by atoms with Gasteiger partial charge in [0.2, 0.25) is 0 Å². The minimum Gasteiger partial charge on any atom is -0.497 e. The fourth-order valence-electron chi connectivity index (χ4n) is 1.93. The second-order valence-electron chi connectivity index (χ2n) is 4.57. The number of halogens is 1. The van der Waals surface area contributed by atoms with Gasteiger partial charge in [0.05, 0.1) is 7.11 Å². The van der Waals surface area contributed by atoms with Crippen LogP contribution in [0.25, 0.3) is 0 Å². The van der Waals surface area contributed by atoms with Crippen molar-refractivity contribution in [2.75, 3.05) is 7.11 Å². The van der Waals surface area contributed by atoms with Crippen molar-refractivity contribution in [3.05, 3.63) is 58.1 Å². The molecular weight excluding hydrogens is 318 g/mol. The molecule has 0 fully saturated rings. The number of para-hydroxylation sites is 1. The molecule has 0 aliphatic heterocycles. The number of methoxy groups -OCH3 is 1. The Hall–Kier alpha value is -1.52. The summed E-state index contributed by atoms with van der Waals surface area (Å²) in [5.41, 5.74) is 7.99. The molecule has 1 atom stereocenters. The zero-order valence-corrected chi connectivity index (χ0v) is 13.2. The fourth-order valence-corrected chi connectivity index (χ4v) is 2.29. The summed E-state index contributed by atoms with van der Waals surface area (Å²) in [6, 6.07) is 13.6. The number of benzene rings is 2. The normalized spacial score (nSPS) is 12.0. The van der Waals surface area contributed by atoms with Crippen LogP contribution in [-0.4, -0.2) is 7.11 Å². The van der Waals surface area contributed by atoms with E-state index < -0.39 is 0 Å². The third-order valence-electron chi connectivity index (χ3n) is 3.05. The Morgan fingerprint density at radius 1 is 1.20 bits per heavy atom. The second kappa shape index (κ2) is 6.77. The van der Waals surface area contributed by atoms with Gasteiger partial charge in [-0.15, -0.1) is 0 Å². The SMILES string of the molecule is COc1ccc(Br)c(COc2ccccc2[C@@H](C)N)c1. The van der Waals surface area contributed by atoms with Crippen LogP contribution in [-0.2, 0) is 6.61 Å². The number of nitrogens with two attached hydrogens (primary N) is 1. The zero-order chi connectivity index (χ0) is 14.5. The molecule has 0 amide bonds. The van der Waals surface area contributed by atoms with Crippen molar-refractivity contribution in [3.8, 4) is 11.5 Å². The third-order valence-corrected chi connectivity index (χ3v) is 3.82. The predicted molar refractivity (Wildman–Crippen MR) is 84.1 cm³/mol. The lowest BCUT2D eigenvalue weighted by Crippen LogP contribution is -2.08. The fraction of sp³-hybridized carbons (Fsp3) is 0.250. The van der Waals surface area contributed by atoms with E-state index in [1.165, 1.54) is 0 Å². The van der Waals surface area contributed by atoms with Crippen LogP contribution in [0.4, 0.5) is 0 Å². The summed E-state index contributed by atoms with van der Waals surface area (Å²) in [7, 11) is 1.65. The van der Waals surface area contributed by atoms with E-state index in [-0.39, 0.29) is 6.04 Å². The molecule has 0 unspecified atom stereocenters. The summed E-state index contributed by atoms with van der Waals surface area (Å²) < 4.78 is 12.1. The van der Waals surface area contributed by atoms with E-state index in [2.05, 4.69) is 15.9 Å². The lowest BCUT2D eigenvalue weighted by Gasteiger charge is -2.14. The van der Waals surface area contributed by atoms with E-state index in [9.17, 15) is 0 Å². The highest BCUT2D eigenvalue weighted by Gasteiger charge is 2.09. The predicted octanol–water partition coefficient (Wildman–Crippen LogP) is 4.06. The maximum atomic E-state index is 5.95. The molecule has 0 aliphatic carbocycles. The van der Waals surface area contributed by atoms with Crippen LogP contribution in [0, 0.1) is 0 Å². The van der Waals surface area contributed by atoms with Crippen molar-refractivity contribution in [1.82, 2.24) is 0 Å². The van der Waals surface area contributed by atoms with Crippen molar-refractivity contribution in [2.45, 2.75) is 19.6 Å². The Morgan fingerprint density at radius 3 is 2.65 bits per heavy atom. The van der Waals surface area contributed by atoms with Crippen LogP contribution in [0.1, 0.15) is 24.1 Å². The summed E-state index contributed by atoms with van der Waals surface area (Å²) in [6.07, 6.45) is 0. The van der Waals surface area contributed by atoms with E-state index >= 15 is 0 Å². The van der Waals surface area contributed by atoms with Crippen molar-refractivity contribution in [3.63, 3.8) is 0 Å². The van der Waals surface area contributed by atoms with Crippen molar-refractivity contribution in [1.29, 1.82) is 0 Å². The minimum absolute atomic E-state index is 0.0556. The molecule has 0 spiro atoms. The van der Waals surface area contributed by atoms with Crippen molar-refractivity contribution < 1.29 is 9.47 Å². The van der Waals surface area contributed by atoms with Crippen LogP contribution in [0.2, 0.25) is 0 Å². The maximum Gasteiger partial charge on any atom is 0.124 e. The van der Waals surface area contributed by atoms with Gasteiger partial charge in [0, 0.05) is 21.6 Å². The van der Waals surface area contributed by atoms with Gasteiger partial charge in [0.25, 0.3) is 0 Å². The Bertz CT molecular complexity index is 584. The number of rotatable bonds is 5. The summed E-state index contributed by atoms with van der Waals surface area (Å²) in [6.45, 7) is 2.41. The van der Waals surface area contributed by atoms with E-state index in [0.29, 0.717) is 6.61 Å². The van der Waals surface area contributed by atoms with Crippen molar-refractivity contribution in [2.24, 2.45) is 5.73 Å². The molecule has 0 saturated heterocycles. The molecule has 0 radical (unpaired) electrons. The van der Waals surface area contributed by atoms with Gasteiger partial charge in [-0.05, 0) is 31.2 Å². The van der Waals surface area contributed by atoms with Crippen LogP contribution < -0.4 is 15.2 Å². The lowest BCUT2D eigenvalue weighted by atomic mass is 10.1. The van der Waals surface area contributed by atoms with E-state index in [1.807, 2.05) is 49.4 Å². The van der Waals surface area contributed by atoms with Gasteiger partial charge in [-0.2, -0.15) is 0 Å². The number of ether oxygens (including phenoxy) is 2. The van der Waals surface area contributed by atoms with Gasteiger partial charge in [-0.3, -0.25) is 0 Å². The highest BCUT2D eigenvalue weighted by atomic mass is 79.9. The van der Waals surface area contributed by atoms with Gasteiger partial charge in [-0.1, -0.05) is 34.1 Å². The van der Waals surface area contributed by atoms with Gasteiger partial charge in [-0.25, -0.2) is 0 Å². The molecule has 2 aromatic carbocycles. The Morgan fingerprint density at radius 2 is 1.95 bits per heavy atom. The minimum atomic E-state index is -0.0556. The number of hydrogen-bond donors (Lipinski definition) is 1. The molecule has 2 rings (SSSR count). The smallest absolute Gasteiger partial charge is 0.124 e. The molecule has 2 N–H and O–H groups in total. The van der Waals surface area contributed by atoms with E-state index in [1.54, 1.807) is 7.11 Å². The topological polar surface area (TPSA) is 44.5 Å². The Balaban J connectivity index is 2.17. The second-order valence-corrected chi connectivity index (χ2v) is 5.43. The maximum absolute atomic E-state index is 5.95. The summed E-state index contributed by atoms with van der Waals surface area (Å²) in [5.74, 6) is 1.63. The first-order valence-corrected chi connectivity index (χ1v) is 7.21. The summed E-state index contributed by atoms with van der Waals surface area (Å²) in [5, 5.41) is 0. The standard InChI is InChI=1S/C16H18BrNO2/c1-11(18)14-5-3-4-6-16(14)20-10-12-9-13(19-2)7-8-15(12)17/h3-9,11H,10,18H2,1-2H3/t11-/m1/s1. The first kappa shape index (κ1) is 14.9. The largest absolute Gasteiger partial charge is 0.497 e. The molecule has 0 aromatic heterocycles. The average molecular weight is 336 g/mol. The van der Waals surface area contributed by atoms with Crippen LogP contribution >= 0.6 is 15.9 Å². The highest BCUT2D eigenvalue weighted by Crippen LogP contribution is 2.27. The molecule has 4 heteroatoms. The Kier molecular flexibility index (Phi) is 5.04. The van der Waals surface area contributed by atoms with Gasteiger partial charge < -0.3 is 15.2 Å². The van der Waals surface area contributed by atoms with Gasteiger partial charge in [0.15, 0.2) is 0 Å². The molecule has 3 nitrogen and oxygen atoms in total. The van der Waals surface area contributed by atoms with Crippen molar-refractivity contribution >= 4 is 15.9 Å². The molecule has 0 saturated carbocycles. The molecule has 0 bridgehead atoms. The molecule has 2 aromatic rings. The van der Waals surface area contributed by atoms with Crippen LogP contribution in [0.15, 0.2) is 46.9 Å². The van der Waals surface area contributed by atoms with E-state index in [4.69, 9.17) is 15.2 Å². The molecule has 106 valence electrons. The molecule has 20 heavy (non-hydrogen) atoms. The first-order valence-electron chi connectivity index (χ1n) is 6.41. The van der Waals surface area contributed by atoms with Crippen LogP contribution in [0.5, 0.6) is 11.5 Å². The lowest BCUT2D eigenvalue weighted by molar-refractivity contribution is 0.300. The van der Waals surface area contributed by atoms with E-state index in [0.717, 1.165) is 27.1 Å². The molecule has 0 heterocycles. The molecular formula is C16H18BrNO2. The van der Waals surface area contributed by atoms with Gasteiger partial charge >= 0.3 is 0 Å². The highest BCUT2D eigenvalue weighted by molar-refractivity contribution is 9.10. The first-order chi connectivity index (χ1) is 9.61. The van der Waals surface area contributed by atoms with Gasteiger partial charge in [0.1, 0.15) is 18.1 Å². The molecule has 0 aliphatic rings. The average Bonchev–Trinajstić information content (AvgIpc) is 2.46. The quantitative estimate of drug-likeness (QED) is 0.896. The third kappa shape index (κ3) is 3.52. The monoisotopic (exact) mass is 335 g/mol. The zero-order valence-electron chi connectivity index (χ0n) is 11.6.